The summed E-state index contributed by atoms with van der Waals surface area (Å²) >= 11 is 0. The SMILES string of the molecule is C[C@@]1(F)CCNC1.Cl. The molecule has 1 fully saturated rings. The Bertz CT molecular complexity index is 66.8. The molecule has 50 valence electrons. The highest BCUT2D eigenvalue weighted by Gasteiger charge is 2.26. The lowest BCUT2D eigenvalue weighted by atomic mass is 10.1. The largest absolute Gasteiger partial charge is 0.313 e. The van der Waals surface area contributed by atoms with Gasteiger partial charge in [0.15, 0.2) is 0 Å². The zero-order valence-electron chi connectivity index (χ0n) is 4.91. The number of hydrogen-bond acceptors (Lipinski definition) is 1. The van der Waals surface area contributed by atoms with Crippen molar-refractivity contribution in [3.63, 3.8) is 0 Å². The van der Waals surface area contributed by atoms with Gasteiger partial charge >= 0.3 is 0 Å². The monoisotopic (exact) mass is 139 g/mol. The third-order valence-corrected chi connectivity index (χ3v) is 1.32. The minimum atomic E-state index is -0.917. The quantitative estimate of drug-likeness (QED) is 0.531. The molecule has 1 heterocycles. The first-order valence-corrected chi connectivity index (χ1v) is 2.60. The molecule has 0 aromatic carbocycles. The number of nitrogens with one attached hydrogen (secondary N) is 1. The van der Waals surface area contributed by atoms with Gasteiger partial charge < -0.3 is 5.32 Å². The van der Waals surface area contributed by atoms with Crippen LogP contribution in [0.3, 0.4) is 0 Å². The van der Waals surface area contributed by atoms with Gasteiger partial charge in [0.05, 0.1) is 0 Å². The van der Waals surface area contributed by atoms with Crippen LogP contribution in [0.15, 0.2) is 0 Å². The molecule has 0 aromatic rings. The maximum absolute atomic E-state index is 12.5. The van der Waals surface area contributed by atoms with E-state index in [9.17, 15) is 4.39 Å². The van der Waals surface area contributed by atoms with Crippen LogP contribution in [0.25, 0.3) is 0 Å². The summed E-state index contributed by atoms with van der Waals surface area (Å²) in [6.45, 7) is 3.01. The lowest BCUT2D eigenvalue weighted by Crippen LogP contribution is -2.20. The second kappa shape index (κ2) is 2.65. The Morgan fingerprint density at radius 2 is 2.25 bits per heavy atom. The molecule has 0 aromatic heterocycles. The van der Waals surface area contributed by atoms with Crippen LogP contribution in [-0.2, 0) is 0 Å². The van der Waals surface area contributed by atoms with Gasteiger partial charge in [0.2, 0.25) is 0 Å². The normalized spacial score (nSPS) is 36.8. The molecule has 1 rings (SSSR count). The van der Waals surface area contributed by atoms with Crippen LogP contribution in [0.2, 0.25) is 0 Å². The molecule has 1 nitrogen and oxygen atoms in total. The molecular formula is C5H11ClFN. The van der Waals surface area contributed by atoms with Crippen molar-refractivity contribution in [3.8, 4) is 0 Å². The molecule has 1 N–H and O–H groups in total. The summed E-state index contributed by atoms with van der Waals surface area (Å²) in [4.78, 5) is 0. The van der Waals surface area contributed by atoms with Crippen LogP contribution in [-0.4, -0.2) is 18.8 Å². The van der Waals surface area contributed by atoms with Crippen LogP contribution in [0, 0.1) is 0 Å². The van der Waals surface area contributed by atoms with Gasteiger partial charge in [0, 0.05) is 6.54 Å². The summed E-state index contributed by atoms with van der Waals surface area (Å²) in [5, 5.41) is 2.94. The second-order valence-electron chi connectivity index (χ2n) is 2.34. The Morgan fingerprint density at radius 1 is 1.62 bits per heavy atom. The second-order valence-corrected chi connectivity index (χ2v) is 2.34. The maximum atomic E-state index is 12.5. The average Bonchev–Trinajstić information content (AvgIpc) is 1.84. The Labute approximate surface area is 55.1 Å². The van der Waals surface area contributed by atoms with Crippen molar-refractivity contribution >= 4 is 12.4 Å². The number of rotatable bonds is 0. The molecule has 0 unspecified atom stereocenters. The summed E-state index contributed by atoms with van der Waals surface area (Å²) in [5.74, 6) is 0. The van der Waals surface area contributed by atoms with Crippen molar-refractivity contribution in [1.82, 2.24) is 5.32 Å². The molecule has 8 heavy (non-hydrogen) atoms. The van der Waals surface area contributed by atoms with Crippen molar-refractivity contribution in [1.29, 1.82) is 0 Å². The molecule has 1 saturated heterocycles. The Kier molecular flexibility index (Phi) is 2.71. The predicted molar refractivity (Wildman–Crippen MR) is 34.2 cm³/mol. The minimum absolute atomic E-state index is 0. The first-order valence-electron chi connectivity index (χ1n) is 2.60. The van der Waals surface area contributed by atoms with E-state index in [1.54, 1.807) is 6.92 Å². The van der Waals surface area contributed by atoms with Gasteiger partial charge in [0.25, 0.3) is 0 Å². The molecule has 3 heteroatoms. The Hall–Kier alpha value is 0.180. The number of hydrogen-bond donors (Lipinski definition) is 1. The molecule has 0 radical (unpaired) electrons. The topological polar surface area (TPSA) is 12.0 Å². The fourth-order valence-corrected chi connectivity index (χ4v) is 0.786. The summed E-state index contributed by atoms with van der Waals surface area (Å²) in [6.07, 6.45) is 0.674. The standard InChI is InChI=1S/C5H10FN.ClH/c1-5(6)2-3-7-4-5;/h7H,2-4H2,1H3;1H/t5-;/m1./s1. The summed E-state index contributed by atoms with van der Waals surface area (Å²) in [7, 11) is 0. The molecular weight excluding hydrogens is 129 g/mol. The van der Waals surface area contributed by atoms with E-state index in [2.05, 4.69) is 5.32 Å². The van der Waals surface area contributed by atoms with Crippen molar-refractivity contribution < 1.29 is 4.39 Å². The van der Waals surface area contributed by atoms with Crippen LogP contribution >= 0.6 is 12.4 Å². The van der Waals surface area contributed by atoms with Gasteiger partial charge in [0.1, 0.15) is 5.67 Å². The maximum Gasteiger partial charge on any atom is 0.121 e. The number of halogens is 2. The molecule has 0 spiro atoms. The van der Waals surface area contributed by atoms with Crippen LogP contribution in [0.1, 0.15) is 13.3 Å². The molecule has 1 atom stereocenters. The molecule has 1 aliphatic heterocycles. The molecule has 0 saturated carbocycles. The molecule has 0 amide bonds. The van der Waals surface area contributed by atoms with Crippen LogP contribution in [0.5, 0.6) is 0 Å². The van der Waals surface area contributed by atoms with Gasteiger partial charge in [-0.3, -0.25) is 0 Å². The molecule has 0 bridgehead atoms. The molecule has 1 aliphatic rings. The summed E-state index contributed by atoms with van der Waals surface area (Å²) in [6, 6.07) is 0. The summed E-state index contributed by atoms with van der Waals surface area (Å²) < 4.78 is 12.5. The Morgan fingerprint density at radius 3 is 2.38 bits per heavy atom. The van der Waals surface area contributed by atoms with Crippen LogP contribution in [0.4, 0.5) is 4.39 Å². The van der Waals surface area contributed by atoms with E-state index >= 15 is 0 Å². The highest BCUT2D eigenvalue weighted by atomic mass is 35.5. The van der Waals surface area contributed by atoms with Crippen molar-refractivity contribution in [3.05, 3.63) is 0 Å². The van der Waals surface area contributed by atoms with E-state index in [4.69, 9.17) is 0 Å². The summed E-state index contributed by atoms with van der Waals surface area (Å²) in [5.41, 5.74) is -0.917. The van der Waals surface area contributed by atoms with E-state index in [0.29, 0.717) is 13.0 Å². The van der Waals surface area contributed by atoms with Gasteiger partial charge in [-0.25, -0.2) is 4.39 Å². The minimum Gasteiger partial charge on any atom is -0.313 e. The zero-order valence-corrected chi connectivity index (χ0v) is 5.72. The lowest BCUT2D eigenvalue weighted by molar-refractivity contribution is 0.218. The van der Waals surface area contributed by atoms with Gasteiger partial charge in [-0.05, 0) is 19.9 Å². The van der Waals surface area contributed by atoms with E-state index in [-0.39, 0.29) is 12.4 Å². The Balaban J connectivity index is 0.000000490. The van der Waals surface area contributed by atoms with Gasteiger partial charge in [-0.1, -0.05) is 0 Å². The fourth-order valence-electron chi connectivity index (χ4n) is 0.786. The van der Waals surface area contributed by atoms with Gasteiger partial charge in [-0.2, -0.15) is 0 Å². The van der Waals surface area contributed by atoms with Crippen molar-refractivity contribution in [2.45, 2.75) is 19.0 Å². The average molecular weight is 140 g/mol. The van der Waals surface area contributed by atoms with Gasteiger partial charge in [-0.15, -0.1) is 12.4 Å². The van der Waals surface area contributed by atoms with E-state index < -0.39 is 5.67 Å². The first kappa shape index (κ1) is 8.18. The fraction of sp³-hybridized carbons (Fsp3) is 1.00. The van der Waals surface area contributed by atoms with E-state index in [1.807, 2.05) is 0 Å². The van der Waals surface area contributed by atoms with Crippen molar-refractivity contribution in [2.75, 3.05) is 13.1 Å². The number of alkyl halides is 1. The first-order chi connectivity index (χ1) is 3.21. The third kappa shape index (κ3) is 1.97. The third-order valence-electron chi connectivity index (χ3n) is 1.32. The van der Waals surface area contributed by atoms with E-state index in [0.717, 1.165) is 6.54 Å². The van der Waals surface area contributed by atoms with Crippen molar-refractivity contribution in [2.24, 2.45) is 0 Å². The molecule has 0 aliphatic carbocycles. The lowest BCUT2D eigenvalue weighted by Gasteiger charge is -2.07. The van der Waals surface area contributed by atoms with Crippen LogP contribution < -0.4 is 5.32 Å². The highest BCUT2D eigenvalue weighted by Crippen LogP contribution is 2.16. The smallest absolute Gasteiger partial charge is 0.121 e. The predicted octanol–water partition coefficient (Wildman–Crippen LogP) is 1.13. The van der Waals surface area contributed by atoms with E-state index in [1.165, 1.54) is 0 Å². The highest BCUT2D eigenvalue weighted by molar-refractivity contribution is 5.85. The zero-order chi connectivity index (χ0) is 5.33.